The Labute approximate surface area is 79.3 Å². The van der Waals surface area contributed by atoms with Gasteiger partial charge in [-0.15, -0.1) is 10.2 Å². The van der Waals surface area contributed by atoms with Gasteiger partial charge in [-0.05, 0) is 0 Å². The summed E-state index contributed by atoms with van der Waals surface area (Å²) in [6.45, 7) is 0. The maximum absolute atomic E-state index is 11.7. The number of hydrogen-bond donors (Lipinski definition) is 0. The summed E-state index contributed by atoms with van der Waals surface area (Å²) in [7, 11) is 3.35. The number of carbonyl (C=O) groups excluding carboxylic acids is 1. The predicted octanol–water partition coefficient (Wildman–Crippen LogP) is -0.825. The lowest BCUT2D eigenvalue weighted by Crippen LogP contribution is -2.08. The highest BCUT2D eigenvalue weighted by Gasteiger charge is 2.16. The Morgan fingerprint density at radius 2 is 2.14 bits per heavy atom. The molecule has 0 amide bonds. The lowest BCUT2D eigenvalue weighted by Gasteiger charge is -1.94. The van der Waals surface area contributed by atoms with Gasteiger partial charge < -0.3 is 0 Å². The summed E-state index contributed by atoms with van der Waals surface area (Å²) in [4.78, 5) is 11.7. The van der Waals surface area contributed by atoms with Crippen LogP contribution in [-0.2, 0) is 14.1 Å². The molecular formula is C7H8N6O. The molecule has 14 heavy (non-hydrogen) atoms. The van der Waals surface area contributed by atoms with Crippen molar-refractivity contribution in [2.45, 2.75) is 0 Å². The molecule has 2 aromatic heterocycles. The van der Waals surface area contributed by atoms with E-state index in [1.165, 1.54) is 15.6 Å². The maximum Gasteiger partial charge on any atom is 0.234 e. The highest BCUT2D eigenvalue weighted by atomic mass is 16.1. The van der Waals surface area contributed by atoms with E-state index in [1.54, 1.807) is 20.3 Å². The molecule has 7 heteroatoms. The summed E-state index contributed by atoms with van der Waals surface area (Å²) in [5.41, 5.74) is 0.684. The molecule has 0 unspecified atom stereocenters. The zero-order valence-corrected chi connectivity index (χ0v) is 7.75. The zero-order chi connectivity index (χ0) is 10.1. The van der Waals surface area contributed by atoms with Gasteiger partial charge in [0.15, 0.2) is 5.69 Å². The van der Waals surface area contributed by atoms with E-state index in [1.807, 2.05) is 0 Å². The summed E-state index contributed by atoms with van der Waals surface area (Å²) in [5.74, 6) is -0.231. The number of rotatable bonds is 2. The van der Waals surface area contributed by atoms with Gasteiger partial charge >= 0.3 is 0 Å². The fraction of sp³-hybridized carbons (Fsp3) is 0.286. The monoisotopic (exact) mass is 192 g/mol. The highest BCUT2D eigenvalue weighted by molar-refractivity contribution is 6.06. The molecule has 0 aliphatic carbocycles. The summed E-state index contributed by atoms with van der Waals surface area (Å²) in [6.07, 6.45) is 2.95. The van der Waals surface area contributed by atoms with Gasteiger partial charge in [0.05, 0.1) is 12.4 Å². The van der Waals surface area contributed by atoms with Crippen LogP contribution in [0.15, 0.2) is 12.4 Å². The van der Waals surface area contributed by atoms with E-state index in [9.17, 15) is 4.79 Å². The largest absolute Gasteiger partial charge is 0.285 e. The maximum atomic E-state index is 11.7. The second-order valence-electron chi connectivity index (χ2n) is 2.85. The van der Waals surface area contributed by atoms with Gasteiger partial charge in [0.2, 0.25) is 5.78 Å². The second kappa shape index (κ2) is 3.02. The Kier molecular flexibility index (Phi) is 1.84. The third-order valence-corrected chi connectivity index (χ3v) is 1.78. The van der Waals surface area contributed by atoms with Gasteiger partial charge in [-0.3, -0.25) is 9.48 Å². The van der Waals surface area contributed by atoms with Crippen LogP contribution in [0.25, 0.3) is 0 Å². The molecule has 0 saturated heterocycles. The van der Waals surface area contributed by atoms with Gasteiger partial charge in [0, 0.05) is 14.1 Å². The molecule has 2 aromatic rings. The number of nitrogens with zero attached hydrogens (tertiary/aromatic N) is 6. The first-order chi connectivity index (χ1) is 6.68. The van der Waals surface area contributed by atoms with Crippen LogP contribution in [0.5, 0.6) is 0 Å². The third-order valence-electron chi connectivity index (χ3n) is 1.78. The van der Waals surface area contributed by atoms with Crippen molar-refractivity contribution in [3.8, 4) is 0 Å². The second-order valence-corrected chi connectivity index (χ2v) is 2.85. The first-order valence-corrected chi connectivity index (χ1v) is 3.94. The fourth-order valence-electron chi connectivity index (χ4n) is 1.08. The van der Waals surface area contributed by atoms with Gasteiger partial charge in [0.1, 0.15) is 5.69 Å². The standard InChI is InChI=1S/C7H8N6O/c1-12-4-5(9-11-12)7(14)6-3-8-10-13(6)2/h3-4H,1-2H3. The number of carbonyl (C=O) groups is 1. The molecular weight excluding hydrogens is 184 g/mol. The Morgan fingerprint density at radius 3 is 2.64 bits per heavy atom. The number of aromatic nitrogens is 6. The zero-order valence-electron chi connectivity index (χ0n) is 7.75. The molecule has 0 aromatic carbocycles. The third kappa shape index (κ3) is 1.28. The number of ketones is 1. The molecule has 0 N–H and O–H groups in total. The summed E-state index contributed by atoms with van der Waals surface area (Å²) < 4.78 is 2.87. The number of aryl methyl sites for hydroxylation is 2. The van der Waals surface area contributed by atoms with E-state index in [-0.39, 0.29) is 11.5 Å². The highest BCUT2D eigenvalue weighted by Crippen LogP contribution is 2.03. The van der Waals surface area contributed by atoms with Crippen LogP contribution in [0.1, 0.15) is 16.2 Å². The van der Waals surface area contributed by atoms with Crippen molar-refractivity contribution in [1.82, 2.24) is 30.0 Å². The first kappa shape index (κ1) is 8.54. The average Bonchev–Trinajstić information content (AvgIpc) is 2.73. The molecule has 0 aliphatic rings. The quantitative estimate of drug-likeness (QED) is 0.580. The molecule has 2 rings (SSSR count). The Bertz CT molecular complexity index is 470. The molecule has 0 bridgehead atoms. The molecule has 2 heterocycles. The van der Waals surface area contributed by atoms with Gasteiger partial charge in [-0.1, -0.05) is 10.4 Å². The van der Waals surface area contributed by atoms with E-state index in [0.29, 0.717) is 5.69 Å². The van der Waals surface area contributed by atoms with Crippen LogP contribution in [-0.4, -0.2) is 35.8 Å². The molecule has 0 aliphatic heterocycles. The SMILES string of the molecule is Cn1cc(C(=O)c2cnnn2C)nn1. The molecule has 72 valence electrons. The van der Waals surface area contributed by atoms with Crippen molar-refractivity contribution in [1.29, 1.82) is 0 Å². The van der Waals surface area contributed by atoms with Crippen LogP contribution in [0.2, 0.25) is 0 Å². The van der Waals surface area contributed by atoms with Gasteiger partial charge in [0.25, 0.3) is 0 Å². The Balaban J connectivity index is 2.38. The van der Waals surface area contributed by atoms with Crippen molar-refractivity contribution in [2.75, 3.05) is 0 Å². The molecule has 0 fully saturated rings. The van der Waals surface area contributed by atoms with Crippen LogP contribution >= 0.6 is 0 Å². The molecule has 7 nitrogen and oxygen atoms in total. The van der Waals surface area contributed by atoms with Crippen molar-refractivity contribution in [3.05, 3.63) is 23.8 Å². The topological polar surface area (TPSA) is 78.5 Å². The Morgan fingerprint density at radius 1 is 1.36 bits per heavy atom. The predicted molar refractivity (Wildman–Crippen MR) is 45.4 cm³/mol. The molecule has 0 saturated carbocycles. The normalized spacial score (nSPS) is 10.4. The van der Waals surface area contributed by atoms with Crippen molar-refractivity contribution < 1.29 is 4.79 Å². The summed E-state index contributed by atoms with van der Waals surface area (Å²) >= 11 is 0. The Hall–Kier alpha value is -2.05. The van der Waals surface area contributed by atoms with E-state index >= 15 is 0 Å². The minimum atomic E-state index is -0.231. The van der Waals surface area contributed by atoms with Crippen molar-refractivity contribution in [2.24, 2.45) is 14.1 Å². The number of hydrogen-bond acceptors (Lipinski definition) is 5. The van der Waals surface area contributed by atoms with Crippen molar-refractivity contribution >= 4 is 5.78 Å². The fourth-order valence-corrected chi connectivity index (χ4v) is 1.08. The van der Waals surface area contributed by atoms with E-state index < -0.39 is 0 Å². The summed E-state index contributed by atoms with van der Waals surface area (Å²) in [6, 6.07) is 0. The summed E-state index contributed by atoms with van der Waals surface area (Å²) in [5, 5.41) is 14.7. The average molecular weight is 192 g/mol. The first-order valence-electron chi connectivity index (χ1n) is 3.94. The van der Waals surface area contributed by atoms with E-state index in [4.69, 9.17) is 0 Å². The minimum Gasteiger partial charge on any atom is -0.285 e. The molecule has 0 radical (unpaired) electrons. The van der Waals surface area contributed by atoms with Crippen LogP contribution in [0.4, 0.5) is 0 Å². The van der Waals surface area contributed by atoms with Crippen molar-refractivity contribution in [3.63, 3.8) is 0 Å². The lowest BCUT2D eigenvalue weighted by atomic mass is 10.2. The molecule has 0 spiro atoms. The van der Waals surface area contributed by atoms with Crippen LogP contribution in [0, 0.1) is 0 Å². The smallest absolute Gasteiger partial charge is 0.234 e. The van der Waals surface area contributed by atoms with Gasteiger partial charge in [-0.25, -0.2) is 4.68 Å². The van der Waals surface area contributed by atoms with Crippen LogP contribution in [0.3, 0.4) is 0 Å². The lowest BCUT2D eigenvalue weighted by molar-refractivity contribution is 0.102. The minimum absolute atomic E-state index is 0.231. The van der Waals surface area contributed by atoms with Gasteiger partial charge in [-0.2, -0.15) is 0 Å². The molecule has 0 atom stereocenters. The van der Waals surface area contributed by atoms with Crippen LogP contribution < -0.4 is 0 Å². The van der Waals surface area contributed by atoms with E-state index in [0.717, 1.165) is 0 Å². The van der Waals surface area contributed by atoms with E-state index in [2.05, 4.69) is 20.6 Å².